The van der Waals surface area contributed by atoms with E-state index in [0.717, 1.165) is 16.7 Å². The summed E-state index contributed by atoms with van der Waals surface area (Å²) in [5, 5.41) is 4.22. The number of carbonyl (C=O) groups is 1. The number of benzene rings is 1. The van der Waals surface area contributed by atoms with Crippen molar-refractivity contribution in [3.05, 3.63) is 48.7 Å². The fourth-order valence-electron chi connectivity index (χ4n) is 3.03. The number of amides is 1. The summed E-state index contributed by atoms with van der Waals surface area (Å²) < 4.78 is 9.19. The molecule has 0 aliphatic heterocycles. The Morgan fingerprint density at radius 1 is 1.31 bits per heavy atom. The number of aromatic nitrogens is 3. The third kappa shape index (κ3) is 3.59. The highest BCUT2D eigenvalue weighted by atomic mass is 16.5. The van der Waals surface area contributed by atoms with E-state index in [0.29, 0.717) is 12.2 Å². The summed E-state index contributed by atoms with van der Waals surface area (Å²) in [5.41, 5.74) is 1.51. The van der Waals surface area contributed by atoms with Crippen molar-refractivity contribution in [1.29, 1.82) is 0 Å². The molecule has 0 radical (unpaired) electrons. The van der Waals surface area contributed by atoms with E-state index in [1.54, 1.807) is 19.6 Å². The van der Waals surface area contributed by atoms with Crippen LogP contribution in [-0.4, -0.2) is 33.2 Å². The maximum absolute atomic E-state index is 13.0. The lowest BCUT2D eigenvalue weighted by atomic mass is 9.86. The van der Waals surface area contributed by atoms with E-state index in [2.05, 4.69) is 31.1 Å². The number of rotatable bonds is 5. The van der Waals surface area contributed by atoms with Crippen LogP contribution < -0.4 is 10.1 Å². The van der Waals surface area contributed by atoms with Crippen LogP contribution in [0, 0.1) is 5.41 Å². The zero-order chi connectivity index (χ0) is 18.9. The molecule has 0 aliphatic rings. The Morgan fingerprint density at radius 2 is 2.08 bits per heavy atom. The molecular formula is C20H26N4O2. The molecule has 2 heterocycles. The average molecular weight is 354 g/mol. The highest BCUT2D eigenvalue weighted by Crippen LogP contribution is 2.25. The first-order chi connectivity index (χ1) is 12.3. The second-order valence-corrected chi connectivity index (χ2v) is 7.66. The highest BCUT2D eigenvalue weighted by molar-refractivity contribution is 5.99. The van der Waals surface area contributed by atoms with Gasteiger partial charge in [-0.25, -0.2) is 4.98 Å². The van der Waals surface area contributed by atoms with E-state index in [1.165, 1.54) is 0 Å². The van der Waals surface area contributed by atoms with E-state index in [1.807, 2.05) is 46.6 Å². The number of ether oxygens (including phenoxy) is 1. The Morgan fingerprint density at radius 3 is 2.69 bits per heavy atom. The van der Waals surface area contributed by atoms with Gasteiger partial charge in [0.25, 0.3) is 5.91 Å². The van der Waals surface area contributed by atoms with Crippen LogP contribution in [0.2, 0.25) is 0 Å². The van der Waals surface area contributed by atoms with Crippen LogP contribution in [0.15, 0.2) is 43.0 Å². The largest absolute Gasteiger partial charge is 0.497 e. The molecule has 3 aromatic rings. The van der Waals surface area contributed by atoms with Gasteiger partial charge in [-0.2, -0.15) is 0 Å². The summed E-state index contributed by atoms with van der Waals surface area (Å²) in [6.45, 7) is 7.05. The number of aryl methyl sites for hydroxylation is 1. The van der Waals surface area contributed by atoms with Crippen molar-refractivity contribution in [3.63, 3.8) is 0 Å². The van der Waals surface area contributed by atoms with Gasteiger partial charge >= 0.3 is 0 Å². The van der Waals surface area contributed by atoms with Crippen molar-refractivity contribution in [2.45, 2.75) is 33.4 Å². The first-order valence-electron chi connectivity index (χ1n) is 8.69. The summed E-state index contributed by atoms with van der Waals surface area (Å²) in [5.74, 6) is 0.695. The van der Waals surface area contributed by atoms with Crippen LogP contribution >= 0.6 is 0 Å². The van der Waals surface area contributed by atoms with E-state index in [4.69, 9.17) is 4.74 Å². The average Bonchev–Trinajstić information content (AvgIpc) is 3.21. The Kier molecular flexibility index (Phi) is 4.76. The van der Waals surface area contributed by atoms with Crippen LogP contribution in [0.3, 0.4) is 0 Å². The molecule has 0 spiro atoms. The molecule has 0 aliphatic carbocycles. The van der Waals surface area contributed by atoms with Crippen molar-refractivity contribution in [2.75, 3.05) is 7.11 Å². The summed E-state index contributed by atoms with van der Waals surface area (Å²) in [6, 6.07) is 7.70. The van der Waals surface area contributed by atoms with E-state index in [9.17, 15) is 4.79 Å². The lowest BCUT2D eigenvalue weighted by Gasteiger charge is -2.31. The normalized spacial score (nSPS) is 13.0. The molecule has 26 heavy (non-hydrogen) atoms. The lowest BCUT2D eigenvalue weighted by molar-refractivity contribution is 0.0884. The molecule has 1 N–H and O–H groups in total. The monoisotopic (exact) mass is 354 g/mol. The Hall–Kier alpha value is -2.76. The molecule has 1 atom stereocenters. The van der Waals surface area contributed by atoms with Gasteiger partial charge in [-0.15, -0.1) is 0 Å². The summed E-state index contributed by atoms with van der Waals surface area (Å²) >= 11 is 0. The van der Waals surface area contributed by atoms with Crippen LogP contribution in [0.5, 0.6) is 5.75 Å². The van der Waals surface area contributed by atoms with Crippen molar-refractivity contribution in [2.24, 2.45) is 12.5 Å². The molecule has 138 valence electrons. The van der Waals surface area contributed by atoms with Crippen LogP contribution in [-0.2, 0) is 13.6 Å². The smallest absolute Gasteiger partial charge is 0.268 e. The predicted octanol–water partition coefficient (Wildman–Crippen LogP) is 3.23. The summed E-state index contributed by atoms with van der Waals surface area (Å²) in [6.07, 6.45) is 5.43. The van der Waals surface area contributed by atoms with Crippen LogP contribution in [0.4, 0.5) is 0 Å². The molecule has 2 aromatic heterocycles. The number of hydrogen-bond donors (Lipinski definition) is 1. The first-order valence-corrected chi connectivity index (χ1v) is 8.69. The predicted molar refractivity (Wildman–Crippen MR) is 102 cm³/mol. The van der Waals surface area contributed by atoms with Crippen LogP contribution in [0.1, 0.15) is 31.3 Å². The fourth-order valence-corrected chi connectivity index (χ4v) is 3.03. The molecule has 3 rings (SSSR count). The van der Waals surface area contributed by atoms with Crippen LogP contribution in [0.25, 0.3) is 10.9 Å². The SMILES string of the molecule is COc1ccc2cc(C(=O)N[C@H](Cn3ccnc3)C(C)(C)C)n(C)c2c1. The maximum atomic E-state index is 13.0. The van der Waals surface area contributed by atoms with Gasteiger partial charge in [0.2, 0.25) is 0 Å². The summed E-state index contributed by atoms with van der Waals surface area (Å²) in [7, 11) is 3.54. The minimum atomic E-state index is -0.0895. The van der Waals surface area contributed by atoms with Gasteiger partial charge in [-0.05, 0) is 23.6 Å². The molecule has 1 amide bonds. The Bertz CT molecular complexity index is 904. The topological polar surface area (TPSA) is 61.1 Å². The number of nitrogens with zero attached hydrogens (tertiary/aromatic N) is 3. The van der Waals surface area contributed by atoms with Crippen molar-refractivity contribution < 1.29 is 9.53 Å². The van der Waals surface area contributed by atoms with Gasteiger partial charge in [0.1, 0.15) is 11.4 Å². The molecular weight excluding hydrogens is 328 g/mol. The van der Waals surface area contributed by atoms with Gasteiger partial charge in [0.05, 0.1) is 25.0 Å². The molecule has 1 aromatic carbocycles. The van der Waals surface area contributed by atoms with E-state index < -0.39 is 0 Å². The minimum Gasteiger partial charge on any atom is -0.497 e. The molecule has 0 bridgehead atoms. The zero-order valence-corrected chi connectivity index (χ0v) is 16.0. The van der Waals surface area contributed by atoms with Gasteiger partial charge in [-0.3, -0.25) is 4.79 Å². The molecule has 6 heteroatoms. The number of fused-ring (bicyclic) bond motifs is 1. The molecule has 0 fully saturated rings. The van der Waals surface area contributed by atoms with Crippen molar-refractivity contribution >= 4 is 16.8 Å². The Labute approximate surface area is 153 Å². The van der Waals surface area contributed by atoms with E-state index in [-0.39, 0.29) is 17.4 Å². The molecule has 0 unspecified atom stereocenters. The van der Waals surface area contributed by atoms with Gasteiger partial charge in [0, 0.05) is 37.4 Å². The molecule has 6 nitrogen and oxygen atoms in total. The lowest BCUT2D eigenvalue weighted by Crippen LogP contribution is -2.46. The Balaban J connectivity index is 1.87. The first kappa shape index (κ1) is 18.0. The maximum Gasteiger partial charge on any atom is 0.268 e. The number of nitrogens with one attached hydrogen (secondary N) is 1. The minimum absolute atomic E-state index is 0.0308. The third-order valence-corrected chi connectivity index (χ3v) is 4.79. The fraction of sp³-hybridized carbons (Fsp3) is 0.400. The standard InChI is InChI=1S/C20H26N4O2/c1-20(2,3)18(12-24-9-8-21-13-24)22-19(25)17-10-14-6-7-15(26-5)11-16(14)23(17)4/h6-11,13,18H,12H2,1-5H3,(H,22,25)/t18-/m1/s1. The quantitative estimate of drug-likeness (QED) is 0.765. The van der Waals surface area contributed by atoms with E-state index >= 15 is 0 Å². The second kappa shape index (κ2) is 6.86. The number of methoxy groups -OCH3 is 1. The van der Waals surface area contributed by atoms with Crippen molar-refractivity contribution in [3.8, 4) is 5.75 Å². The van der Waals surface area contributed by atoms with Gasteiger partial charge < -0.3 is 19.2 Å². The molecule has 0 saturated heterocycles. The van der Waals surface area contributed by atoms with Crippen molar-refractivity contribution in [1.82, 2.24) is 19.4 Å². The number of carbonyl (C=O) groups excluding carboxylic acids is 1. The zero-order valence-electron chi connectivity index (χ0n) is 16.0. The summed E-state index contributed by atoms with van der Waals surface area (Å²) in [4.78, 5) is 17.1. The highest BCUT2D eigenvalue weighted by Gasteiger charge is 2.28. The third-order valence-electron chi connectivity index (χ3n) is 4.79. The second-order valence-electron chi connectivity index (χ2n) is 7.66. The number of hydrogen-bond acceptors (Lipinski definition) is 3. The molecule has 0 saturated carbocycles. The van der Waals surface area contributed by atoms with Gasteiger partial charge in [0.15, 0.2) is 0 Å². The number of imidazole rings is 1. The van der Waals surface area contributed by atoms with Gasteiger partial charge in [-0.1, -0.05) is 20.8 Å².